The van der Waals surface area contributed by atoms with Crippen molar-refractivity contribution in [2.45, 2.75) is 33.9 Å². The number of hydrogen-bond acceptors (Lipinski definition) is 4. The van der Waals surface area contributed by atoms with Gasteiger partial charge in [-0.3, -0.25) is 0 Å². The summed E-state index contributed by atoms with van der Waals surface area (Å²) in [5, 5.41) is 3.40. The summed E-state index contributed by atoms with van der Waals surface area (Å²) in [7, 11) is 4.09. The van der Waals surface area contributed by atoms with Gasteiger partial charge in [-0.25, -0.2) is 9.97 Å². The van der Waals surface area contributed by atoms with E-state index in [9.17, 15) is 0 Å². The molecule has 0 saturated heterocycles. The molecular formula is C16H25N5. The van der Waals surface area contributed by atoms with Crippen LogP contribution in [-0.2, 0) is 20.1 Å². The summed E-state index contributed by atoms with van der Waals surface area (Å²) < 4.78 is 2.04. The molecular weight excluding hydrogens is 262 g/mol. The van der Waals surface area contributed by atoms with Crippen LogP contribution in [0.4, 0.5) is 5.82 Å². The lowest BCUT2D eigenvalue weighted by atomic mass is 10.1. The predicted molar refractivity (Wildman–Crippen MR) is 86.4 cm³/mol. The van der Waals surface area contributed by atoms with Crippen molar-refractivity contribution in [3.8, 4) is 0 Å². The normalized spacial score (nSPS) is 10.9. The van der Waals surface area contributed by atoms with E-state index in [4.69, 9.17) is 4.98 Å². The summed E-state index contributed by atoms with van der Waals surface area (Å²) in [6, 6.07) is 2.14. The summed E-state index contributed by atoms with van der Waals surface area (Å²) in [5.41, 5.74) is 3.60. The highest BCUT2D eigenvalue weighted by Crippen LogP contribution is 2.22. The van der Waals surface area contributed by atoms with Crippen LogP contribution in [0.15, 0.2) is 18.5 Å². The molecule has 2 heterocycles. The van der Waals surface area contributed by atoms with Crippen LogP contribution in [0.25, 0.3) is 0 Å². The Hall–Kier alpha value is -1.88. The quantitative estimate of drug-likeness (QED) is 0.884. The van der Waals surface area contributed by atoms with Crippen LogP contribution in [0.5, 0.6) is 0 Å². The van der Waals surface area contributed by atoms with E-state index in [1.165, 1.54) is 11.1 Å². The maximum absolute atomic E-state index is 4.75. The zero-order chi connectivity index (χ0) is 15.4. The van der Waals surface area contributed by atoms with Crippen molar-refractivity contribution in [2.24, 2.45) is 7.05 Å². The van der Waals surface area contributed by atoms with Crippen LogP contribution in [-0.4, -0.2) is 28.1 Å². The monoisotopic (exact) mass is 287 g/mol. The van der Waals surface area contributed by atoms with Crippen molar-refractivity contribution in [3.63, 3.8) is 0 Å². The van der Waals surface area contributed by atoms with Crippen LogP contribution in [0.3, 0.4) is 0 Å². The zero-order valence-corrected chi connectivity index (χ0v) is 13.6. The molecule has 0 amide bonds. The Morgan fingerprint density at radius 2 is 2.10 bits per heavy atom. The van der Waals surface area contributed by atoms with Crippen molar-refractivity contribution < 1.29 is 0 Å². The molecule has 2 rings (SSSR count). The molecule has 2 aromatic heterocycles. The number of aryl methyl sites for hydroxylation is 3. The number of rotatable bonds is 6. The minimum Gasteiger partial charge on any atom is -0.352 e. The first kappa shape index (κ1) is 15.5. The van der Waals surface area contributed by atoms with Gasteiger partial charge in [-0.2, -0.15) is 0 Å². The number of nitrogens with one attached hydrogen (secondary N) is 1. The van der Waals surface area contributed by atoms with Crippen LogP contribution >= 0.6 is 0 Å². The molecule has 0 radical (unpaired) electrons. The Bertz CT molecular complexity index is 603. The molecule has 0 aliphatic carbocycles. The summed E-state index contributed by atoms with van der Waals surface area (Å²) in [5.74, 6) is 2.07. The molecule has 2 aromatic rings. The third-order valence-electron chi connectivity index (χ3n) is 3.67. The maximum Gasteiger partial charge on any atom is 0.133 e. The van der Waals surface area contributed by atoms with E-state index in [1.807, 2.05) is 30.9 Å². The van der Waals surface area contributed by atoms with E-state index in [0.29, 0.717) is 0 Å². The van der Waals surface area contributed by atoms with Gasteiger partial charge in [0.1, 0.15) is 11.6 Å². The van der Waals surface area contributed by atoms with Gasteiger partial charge < -0.3 is 14.8 Å². The molecule has 0 aliphatic rings. The van der Waals surface area contributed by atoms with Crippen LogP contribution in [0.1, 0.15) is 29.6 Å². The van der Waals surface area contributed by atoms with Gasteiger partial charge in [-0.05, 0) is 32.0 Å². The molecule has 21 heavy (non-hydrogen) atoms. The second-order valence-electron chi connectivity index (χ2n) is 5.47. The number of imidazole rings is 1. The highest BCUT2D eigenvalue weighted by molar-refractivity contribution is 5.51. The zero-order valence-electron chi connectivity index (χ0n) is 13.6. The Morgan fingerprint density at radius 3 is 2.71 bits per heavy atom. The van der Waals surface area contributed by atoms with E-state index in [-0.39, 0.29) is 0 Å². The molecule has 0 fully saturated rings. The van der Waals surface area contributed by atoms with Gasteiger partial charge in [0, 0.05) is 44.3 Å². The first-order chi connectivity index (χ1) is 10.0. The van der Waals surface area contributed by atoms with Gasteiger partial charge in [0.25, 0.3) is 0 Å². The molecule has 0 unspecified atom stereocenters. The standard InChI is InChI=1S/C16H25N5/c1-6-17-10-14-12(2)9-13(3)19-16(14)21(5)11-15-18-7-8-20(15)4/h7-9,17H,6,10-11H2,1-5H3. The van der Waals surface area contributed by atoms with Gasteiger partial charge >= 0.3 is 0 Å². The molecule has 1 N–H and O–H groups in total. The van der Waals surface area contributed by atoms with Gasteiger partial charge in [0.15, 0.2) is 0 Å². The highest BCUT2D eigenvalue weighted by Gasteiger charge is 2.14. The average molecular weight is 287 g/mol. The summed E-state index contributed by atoms with van der Waals surface area (Å²) in [4.78, 5) is 11.3. The SMILES string of the molecule is CCNCc1c(C)cc(C)nc1N(C)Cc1nccn1C. The van der Waals surface area contributed by atoms with E-state index in [1.54, 1.807) is 0 Å². The third kappa shape index (κ3) is 3.61. The molecule has 114 valence electrons. The van der Waals surface area contributed by atoms with Gasteiger partial charge in [0.2, 0.25) is 0 Å². The number of pyridine rings is 1. The van der Waals surface area contributed by atoms with E-state index >= 15 is 0 Å². The number of aromatic nitrogens is 3. The summed E-state index contributed by atoms with van der Waals surface area (Å²) in [6.45, 7) is 8.86. The van der Waals surface area contributed by atoms with Crippen molar-refractivity contribution in [1.29, 1.82) is 0 Å². The Balaban J connectivity index is 2.30. The van der Waals surface area contributed by atoms with Crippen molar-refractivity contribution in [3.05, 3.63) is 41.1 Å². The Labute approximate surface area is 127 Å². The van der Waals surface area contributed by atoms with Crippen molar-refractivity contribution >= 4 is 5.82 Å². The lowest BCUT2D eigenvalue weighted by Crippen LogP contribution is -2.24. The molecule has 5 heteroatoms. The van der Waals surface area contributed by atoms with Crippen LogP contribution < -0.4 is 10.2 Å². The summed E-state index contributed by atoms with van der Waals surface area (Å²) >= 11 is 0. The van der Waals surface area contributed by atoms with E-state index < -0.39 is 0 Å². The smallest absolute Gasteiger partial charge is 0.133 e. The molecule has 0 bridgehead atoms. The van der Waals surface area contributed by atoms with Gasteiger partial charge in [0.05, 0.1) is 6.54 Å². The second kappa shape index (κ2) is 6.72. The highest BCUT2D eigenvalue weighted by atomic mass is 15.2. The molecule has 0 spiro atoms. The third-order valence-corrected chi connectivity index (χ3v) is 3.67. The first-order valence-electron chi connectivity index (χ1n) is 7.38. The lowest BCUT2D eigenvalue weighted by Gasteiger charge is -2.23. The largest absolute Gasteiger partial charge is 0.352 e. The summed E-state index contributed by atoms with van der Waals surface area (Å²) in [6.07, 6.45) is 3.80. The van der Waals surface area contributed by atoms with Gasteiger partial charge in [-0.15, -0.1) is 0 Å². The molecule has 0 saturated carbocycles. The fraction of sp³-hybridized carbons (Fsp3) is 0.500. The van der Waals surface area contributed by atoms with E-state index in [0.717, 1.165) is 37.0 Å². The molecule has 0 aromatic carbocycles. The molecule has 5 nitrogen and oxygen atoms in total. The van der Waals surface area contributed by atoms with E-state index in [2.05, 4.69) is 42.2 Å². The minimum absolute atomic E-state index is 0.749. The molecule has 0 aliphatic heterocycles. The van der Waals surface area contributed by atoms with Crippen molar-refractivity contribution in [1.82, 2.24) is 19.9 Å². The number of anilines is 1. The van der Waals surface area contributed by atoms with Gasteiger partial charge in [-0.1, -0.05) is 6.92 Å². The lowest BCUT2D eigenvalue weighted by molar-refractivity contribution is 0.706. The van der Waals surface area contributed by atoms with Crippen molar-refractivity contribution in [2.75, 3.05) is 18.5 Å². The molecule has 0 atom stereocenters. The van der Waals surface area contributed by atoms with Crippen LogP contribution in [0, 0.1) is 13.8 Å². The Kier molecular flexibility index (Phi) is 4.96. The number of nitrogens with zero attached hydrogens (tertiary/aromatic N) is 4. The topological polar surface area (TPSA) is 46.0 Å². The fourth-order valence-electron chi connectivity index (χ4n) is 2.46. The first-order valence-corrected chi connectivity index (χ1v) is 7.38. The minimum atomic E-state index is 0.749. The Morgan fingerprint density at radius 1 is 1.33 bits per heavy atom. The van der Waals surface area contributed by atoms with Crippen LogP contribution in [0.2, 0.25) is 0 Å². The predicted octanol–water partition coefficient (Wildman–Crippen LogP) is 2.18. The average Bonchev–Trinajstić information content (AvgIpc) is 2.82. The number of hydrogen-bond donors (Lipinski definition) is 1. The fourth-order valence-corrected chi connectivity index (χ4v) is 2.46. The second-order valence-corrected chi connectivity index (χ2v) is 5.47. The maximum atomic E-state index is 4.75.